The van der Waals surface area contributed by atoms with E-state index in [1.165, 1.54) is 23.9 Å². The van der Waals surface area contributed by atoms with Gasteiger partial charge in [-0.15, -0.1) is 12.4 Å². The van der Waals surface area contributed by atoms with Crippen LogP contribution in [0.1, 0.15) is 23.7 Å². The van der Waals surface area contributed by atoms with Crippen molar-refractivity contribution in [3.63, 3.8) is 0 Å². The van der Waals surface area contributed by atoms with Gasteiger partial charge in [-0.05, 0) is 6.92 Å². The van der Waals surface area contributed by atoms with Crippen LogP contribution in [-0.2, 0) is 0 Å². The van der Waals surface area contributed by atoms with E-state index in [9.17, 15) is 0 Å². The molecule has 0 spiro atoms. The molecule has 0 amide bonds. The molecule has 0 aromatic carbocycles. The highest BCUT2D eigenvalue weighted by molar-refractivity contribution is 7.14. The van der Waals surface area contributed by atoms with Gasteiger partial charge in [0.2, 0.25) is 5.13 Å². The Balaban J connectivity index is 0.00000128. The lowest BCUT2D eigenvalue weighted by molar-refractivity contribution is 0.688. The van der Waals surface area contributed by atoms with E-state index in [1.54, 1.807) is 4.68 Å². The predicted octanol–water partition coefficient (Wildman–Crippen LogP) is 1.04. The third-order valence-electron chi connectivity index (χ3n) is 1.77. The Kier molecular flexibility index (Phi) is 3.95. The summed E-state index contributed by atoms with van der Waals surface area (Å²) in [5.74, 6) is 0.633. The number of hydrogen-bond donors (Lipinski definition) is 1. The SMILES string of the molecule is C[C@H](N)c1ncnn1-c1ncc(C#N)s1.Cl. The first kappa shape index (κ1) is 12.6. The molecule has 0 saturated heterocycles. The molecule has 84 valence electrons. The van der Waals surface area contributed by atoms with Gasteiger partial charge in [0.05, 0.1) is 12.2 Å². The summed E-state index contributed by atoms with van der Waals surface area (Å²) < 4.78 is 1.55. The van der Waals surface area contributed by atoms with Crippen molar-refractivity contribution in [1.29, 1.82) is 5.26 Å². The van der Waals surface area contributed by atoms with E-state index in [-0.39, 0.29) is 18.4 Å². The van der Waals surface area contributed by atoms with Gasteiger partial charge in [0.15, 0.2) is 5.82 Å². The number of thiazole rings is 1. The number of rotatable bonds is 2. The third-order valence-corrected chi connectivity index (χ3v) is 2.64. The number of nitrogens with two attached hydrogens (primary N) is 1. The molecule has 2 aromatic heterocycles. The highest BCUT2D eigenvalue weighted by Gasteiger charge is 2.13. The van der Waals surface area contributed by atoms with E-state index in [0.29, 0.717) is 15.8 Å². The highest BCUT2D eigenvalue weighted by atomic mass is 35.5. The predicted molar refractivity (Wildman–Crippen MR) is 61.6 cm³/mol. The molecule has 0 saturated carbocycles. The zero-order valence-electron chi connectivity index (χ0n) is 8.36. The number of halogens is 1. The molecule has 8 heteroatoms. The molecule has 1 atom stereocenters. The summed E-state index contributed by atoms with van der Waals surface area (Å²) in [5.41, 5.74) is 5.72. The van der Waals surface area contributed by atoms with Crippen LogP contribution >= 0.6 is 23.7 Å². The van der Waals surface area contributed by atoms with Crippen LogP contribution in [0.5, 0.6) is 0 Å². The monoisotopic (exact) mass is 256 g/mol. The summed E-state index contributed by atoms with van der Waals surface area (Å²) >= 11 is 1.25. The maximum atomic E-state index is 8.68. The molecule has 6 nitrogen and oxygen atoms in total. The Labute approximate surface area is 102 Å². The molecule has 16 heavy (non-hydrogen) atoms. The van der Waals surface area contributed by atoms with Crippen molar-refractivity contribution in [2.45, 2.75) is 13.0 Å². The Morgan fingerprint density at radius 3 is 2.88 bits per heavy atom. The molecule has 0 aliphatic heterocycles. The number of nitrogens with zero attached hydrogens (tertiary/aromatic N) is 5. The van der Waals surface area contributed by atoms with Gasteiger partial charge < -0.3 is 5.73 Å². The summed E-state index contributed by atoms with van der Waals surface area (Å²) in [7, 11) is 0. The van der Waals surface area contributed by atoms with Crippen LogP contribution in [0.3, 0.4) is 0 Å². The molecule has 2 rings (SSSR count). The minimum absolute atomic E-state index is 0. The third kappa shape index (κ3) is 2.19. The zero-order valence-corrected chi connectivity index (χ0v) is 9.99. The molecule has 0 fully saturated rings. The second-order valence-corrected chi connectivity index (χ2v) is 3.95. The van der Waals surface area contributed by atoms with Gasteiger partial charge in [0, 0.05) is 0 Å². The fraction of sp³-hybridized carbons (Fsp3) is 0.250. The number of aromatic nitrogens is 4. The van der Waals surface area contributed by atoms with Crippen molar-refractivity contribution in [3.05, 3.63) is 23.2 Å². The van der Waals surface area contributed by atoms with Gasteiger partial charge in [-0.2, -0.15) is 15.0 Å². The first-order valence-corrected chi connectivity index (χ1v) is 5.06. The molecule has 2 N–H and O–H groups in total. The normalized spacial score (nSPS) is 11.6. The lowest BCUT2D eigenvalue weighted by Gasteiger charge is -2.04. The van der Waals surface area contributed by atoms with Crippen molar-refractivity contribution < 1.29 is 0 Å². The molecule has 2 aromatic rings. The van der Waals surface area contributed by atoms with Crippen LogP contribution in [0, 0.1) is 11.3 Å². The van der Waals surface area contributed by atoms with Crippen LogP contribution in [0.15, 0.2) is 12.5 Å². The lowest BCUT2D eigenvalue weighted by Crippen LogP contribution is -2.13. The maximum absolute atomic E-state index is 8.68. The van der Waals surface area contributed by atoms with Crippen molar-refractivity contribution in [1.82, 2.24) is 19.7 Å². The summed E-state index contributed by atoms with van der Waals surface area (Å²) in [4.78, 5) is 8.65. The molecule has 0 aliphatic carbocycles. The van der Waals surface area contributed by atoms with Gasteiger partial charge in [0.25, 0.3) is 0 Å². The second-order valence-electron chi connectivity index (χ2n) is 2.94. The maximum Gasteiger partial charge on any atom is 0.213 e. The van der Waals surface area contributed by atoms with Crippen LogP contribution in [0.25, 0.3) is 5.13 Å². The van der Waals surface area contributed by atoms with E-state index < -0.39 is 0 Å². The first-order chi connectivity index (χ1) is 7.22. The van der Waals surface area contributed by atoms with E-state index in [0.717, 1.165) is 0 Å². The molecular weight excluding hydrogens is 248 g/mol. The molecule has 0 bridgehead atoms. The van der Waals surface area contributed by atoms with Gasteiger partial charge >= 0.3 is 0 Å². The van der Waals surface area contributed by atoms with E-state index in [4.69, 9.17) is 11.0 Å². The van der Waals surface area contributed by atoms with Crippen LogP contribution in [0.4, 0.5) is 0 Å². The van der Waals surface area contributed by atoms with Crippen LogP contribution in [0.2, 0.25) is 0 Å². The van der Waals surface area contributed by atoms with E-state index in [1.807, 2.05) is 13.0 Å². The standard InChI is InChI=1S/C8H8N6S.ClH/c1-5(10)7-12-4-13-14(7)8-11-3-6(2-9)15-8;/h3-5H,10H2,1H3;1H/t5-;/m0./s1. The molecule has 0 aliphatic rings. The average Bonchev–Trinajstić information content (AvgIpc) is 2.85. The fourth-order valence-corrected chi connectivity index (χ4v) is 1.80. The summed E-state index contributed by atoms with van der Waals surface area (Å²) in [5, 5.41) is 13.3. The van der Waals surface area contributed by atoms with Crippen LogP contribution in [-0.4, -0.2) is 19.7 Å². The van der Waals surface area contributed by atoms with Crippen molar-refractivity contribution in [2.24, 2.45) is 5.73 Å². The minimum Gasteiger partial charge on any atom is -0.322 e. The molecule has 2 heterocycles. The molecule has 0 radical (unpaired) electrons. The van der Waals surface area contributed by atoms with Gasteiger partial charge in [0.1, 0.15) is 17.3 Å². The summed E-state index contributed by atoms with van der Waals surface area (Å²) in [6.45, 7) is 1.82. The van der Waals surface area contributed by atoms with Crippen molar-refractivity contribution in [2.75, 3.05) is 0 Å². The average molecular weight is 257 g/mol. The van der Waals surface area contributed by atoms with Crippen molar-refractivity contribution in [3.8, 4) is 11.2 Å². The number of hydrogen-bond acceptors (Lipinski definition) is 6. The summed E-state index contributed by atoms with van der Waals surface area (Å²) in [6.07, 6.45) is 2.93. The smallest absolute Gasteiger partial charge is 0.213 e. The minimum atomic E-state index is -0.220. The molecular formula is C8H9ClN6S. The summed E-state index contributed by atoms with van der Waals surface area (Å²) in [6, 6.07) is 1.80. The van der Waals surface area contributed by atoms with E-state index in [2.05, 4.69) is 15.1 Å². The Hall–Kier alpha value is -1.49. The largest absolute Gasteiger partial charge is 0.322 e. The Bertz CT molecular complexity index is 511. The zero-order chi connectivity index (χ0) is 10.8. The van der Waals surface area contributed by atoms with Gasteiger partial charge in [-0.3, -0.25) is 0 Å². The quantitative estimate of drug-likeness (QED) is 0.866. The van der Waals surface area contributed by atoms with E-state index >= 15 is 0 Å². The first-order valence-electron chi connectivity index (χ1n) is 4.24. The van der Waals surface area contributed by atoms with Crippen molar-refractivity contribution >= 4 is 23.7 Å². The topological polar surface area (TPSA) is 93.4 Å². The van der Waals surface area contributed by atoms with Gasteiger partial charge in [-0.1, -0.05) is 11.3 Å². The van der Waals surface area contributed by atoms with Gasteiger partial charge in [-0.25, -0.2) is 9.97 Å². The van der Waals surface area contributed by atoms with Crippen LogP contribution < -0.4 is 5.73 Å². The Morgan fingerprint density at radius 1 is 1.56 bits per heavy atom. The second kappa shape index (κ2) is 5.03. The molecule has 0 unspecified atom stereocenters. The Morgan fingerprint density at radius 2 is 2.31 bits per heavy atom. The fourth-order valence-electron chi connectivity index (χ4n) is 1.12. The highest BCUT2D eigenvalue weighted by Crippen LogP contribution is 2.18. The lowest BCUT2D eigenvalue weighted by atomic mass is 10.3. The number of nitriles is 1.